The van der Waals surface area contributed by atoms with Crippen molar-refractivity contribution >= 4 is 18.4 Å². The maximum Gasteiger partial charge on any atom is 0.315 e. The molecule has 19 heavy (non-hydrogen) atoms. The Morgan fingerprint density at radius 3 is 2.63 bits per heavy atom. The summed E-state index contributed by atoms with van der Waals surface area (Å²) in [5.74, 6) is 0.454. The van der Waals surface area contributed by atoms with Gasteiger partial charge in [0.15, 0.2) is 0 Å². The predicted octanol–water partition coefficient (Wildman–Crippen LogP) is 2.99. The third kappa shape index (κ3) is 4.21. The monoisotopic (exact) mass is 286 g/mol. The average molecular weight is 287 g/mol. The molecule has 5 nitrogen and oxygen atoms in total. The van der Waals surface area contributed by atoms with Crippen LogP contribution < -0.4 is 11.1 Å². The third-order valence-electron chi connectivity index (χ3n) is 3.20. The zero-order valence-corrected chi connectivity index (χ0v) is 12.6. The molecule has 0 aliphatic heterocycles. The maximum atomic E-state index is 5.91. The van der Waals surface area contributed by atoms with Gasteiger partial charge in [-0.15, -0.1) is 17.5 Å². The fraction of sp³-hybridized carbons (Fsp3) is 0.692. The second kappa shape index (κ2) is 6.39. The van der Waals surface area contributed by atoms with E-state index >= 15 is 0 Å². The van der Waals surface area contributed by atoms with Crippen molar-refractivity contribution in [2.45, 2.75) is 58.0 Å². The van der Waals surface area contributed by atoms with Crippen molar-refractivity contribution in [2.75, 3.05) is 5.32 Å². The molecule has 0 radical (unpaired) electrons. The van der Waals surface area contributed by atoms with Gasteiger partial charge in [0.25, 0.3) is 0 Å². The molecule has 0 spiro atoms. The molecule has 108 valence electrons. The first kappa shape index (κ1) is 16.0. The number of hydrogen-bond acceptors (Lipinski definition) is 5. The second-order valence-electron chi connectivity index (χ2n) is 5.52. The number of aromatic nitrogens is 2. The van der Waals surface area contributed by atoms with Crippen LogP contribution in [0.1, 0.15) is 52.3 Å². The number of rotatable bonds is 4. The highest BCUT2D eigenvalue weighted by molar-refractivity contribution is 5.85. The Bertz CT molecular complexity index is 436. The minimum absolute atomic E-state index is 0. The lowest BCUT2D eigenvalue weighted by Crippen LogP contribution is -2.29. The molecule has 1 aromatic rings. The maximum absolute atomic E-state index is 5.91. The van der Waals surface area contributed by atoms with Gasteiger partial charge in [0, 0.05) is 6.04 Å². The summed E-state index contributed by atoms with van der Waals surface area (Å²) >= 11 is 0. The molecule has 0 fully saturated rings. The molecule has 1 atom stereocenters. The predicted molar refractivity (Wildman–Crippen MR) is 78.4 cm³/mol. The minimum Gasteiger partial charge on any atom is -0.406 e. The Hall–Kier alpha value is -1.07. The van der Waals surface area contributed by atoms with Gasteiger partial charge in [-0.05, 0) is 46.5 Å². The summed E-state index contributed by atoms with van der Waals surface area (Å²) in [5.41, 5.74) is 6.74. The van der Waals surface area contributed by atoms with Gasteiger partial charge in [-0.2, -0.15) is 0 Å². The molecule has 1 heterocycles. The van der Waals surface area contributed by atoms with Crippen LogP contribution in [0.4, 0.5) is 6.01 Å². The first-order valence-electron chi connectivity index (χ1n) is 6.55. The van der Waals surface area contributed by atoms with Crippen LogP contribution in [-0.2, 0) is 5.54 Å². The summed E-state index contributed by atoms with van der Waals surface area (Å²) in [4.78, 5) is 0. The van der Waals surface area contributed by atoms with Crippen molar-refractivity contribution in [2.24, 2.45) is 5.73 Å². The lowest BCUT2D eigenvalue weighted by Gasteiger charge is -2.19. The summed E-state index contributed by atoms with van der Waals surface area (Å²) in [7, 11) is 0. The van der Waals surface area contributed by atoms with Gasteiger partial charge < -0.3 is 15.5 Å². The number of halogens is 1. The van der Waals surface area contributed by atoms with Gasteiger partial charge in [0.05, 0.1) is 5.54 Å². The smallest absolute Gasteiger partial charge is 0.315 e. The summed E-state index contributed by atoms with van der Waals surface area (Å²) in [6, 6.07) is 0.682. The molecule has 6 heteroatoms. The highest BCUT2D eigenvalue weighted by atomic mass is 35.5. The Kier molecular flexibility index (Phi) is 5.38. The van der Waals surface area contributed by atoms with Gasteiger partial charge in [-0.25, -0.2) is 0 Å². The Morgan fingerprint density at radius 2 is 2.11 bits per heavy atom. The van der Waals surface area contributed by atoms with E-state index in [-0.39, 0.29) is 18.4 Å². The fourth-order valence-electron chi connectivity index (χ4n) is 2.08. The second-order valence-corrected chi connectivity index (χ2v) is 5.52. The molecule has 0 bridgehead atoms. The Labute approximate surface area is 120 Å². The number of hydrogen-bond donors (Lipinski definition) is 2. The zero-order valence-electron chi connectivity index (χ0n) is 11.8. The number of nitrogens with two attached hydrogens (primary N) is 1. The van der Waals surface area contributed by atoms with E-state index in [2.05, 4.69) is 28.5 Å². The highest BCUT2D eigenvalue weighted by Gasteiger charge is 2.22. The third-order valence-corrected chi connectivity index (χ3v) is 3.20. The standard InChI is InChI=1S/C13H22N4O.ClH/c1-9(10-7-5-4-6-8-10)15-12-17-16-11(18-12)13(2,3)14;/h7,9H,4-6,8,14H2,1-3H3,(H,15,17);1H. The van der Waals surface area contributed by atoms with E-state index in [1.54, 1.807) is 0 Å². The molecule has 0 amide bonds. The van der Waals surface area contributed by atoms with Crippen molar-refractivity contribution in [3.05, 3.63) is 17.5 Å². The van der Waals surface area contributed by atoms with Gasteiger partial charge in [0.1, 0.15) is 0 Å². The van der Waals surface area contributed by atoms with E-state index < -0.39 is 5.54 Å². The van der Waals surface area contributed by atoms with Gasteiger partial charge >= 0.3 is 6.01 Å². The average Bonchev–Trinajstić information content (AvgIpc) is 2.78. The van der Waals surface area contributed by atoms with Crippen molar-refractivity contribution in [3.63, 3.8) is 0 Å². The van der Waals surface area contributed by atoms with Crippen molar-refractivity contribution in [3.8, 4) is 0 Å². The van der Waals surface area contributed by atoms with E-state index in [0.29, 0.717) is 11.9 Å². The van der Waals surface area contributed by atoms with Crippen LogP contribution in [0.25, 0.3) is 0 Å². The summed E-state index contributed by atoms with van der Waals surface area (Å²) < 4.78 is 5.52. The molecule has 0 saturated heterocycles. The highest BCUT2D eigenvalue weighted by Crippen LogP contribution is 2.23. The minimum atomic E-state index is -0.597. The summed E-state index contributed by atoms with van der Waals surface area (Å²) in [6.45, 7) is 5.81. The topological polar surface area (TPSA) is 77.0 Å². The number of nitrogens with zero attached hydrogens (tertiary/aromatic N) is 2. The quantitative estimate of drug-likeness (QED) is 0.832. The van der Waals surface area contributed by atoms with E-state index in [1.807, 2.05) is 13.8 Å². The van der Waals surface area contributed by atoms with E-state index in [9.17, 15) is 0 Å². The SMILES string of the molecule is CC(Nc1nnc(C(C)(C)N)o1)C1=CCCCC1.Cl. The van der Waals surface area contributed by atoms with E-state index in [1.165, 1.54) is 24.8 Å². The summed E-state index contributed by atoms with van der Waals surface area (Å²) in [5, 5.41) is 11.2. The van der Waals surface area contributed by atoms with E-state index in [4.69, 9.17) is 10.2 Å². The molecular weight excluding hydrogens is 264 g/mol. The molecule has 3 N–H and O–H groups in total. The molecule has 2 rings (SSSR count). The van der Waals surface area contributed by atoms with Crippen LogP contribution >= 0.6 is 12.4 Å². The molecule has 1 unspecified atom stereocenters. The van der Waals surface area contributed by atoms with Crippen molar-refractivity contribution < 1.29 is 4.42 Å². The number of anilines is 1. The lowest BCUT2D eigenvalue weighted by molar-refractivity contribution is 0.383. The number of allylic oxidation sites excluding steroid dienone is 1. The molecule has 1 aliphatic rings. The molecule has 1 aromatic heterocycles. The fourth-order valence-corrected chi connectivity index (χ4v) is 2.08. The summed E-state index contributed by atoms with van der Waals surface area (Å²) in [6.07, 6.45) is 7.19. The van der Waals surface area contributed by atoms with Crippen LogP contribution in [-0.4, -0.2) is 16.2 Å². The van der Waals surface area contributed by atoms with Gasteiger partial charge in [-0.3, -0.25) is 0 Å². The Morgan fingerprint density at radius 1 is 1.37 bits per heavy atom. The van der Waals surface area contributed by atoms with Crippen LogP contribution in [0.5, 0.6) is 0 Å². The number of nitrogens with one attached hydrogen (secondary N) is 1. The Balaban J connectivity index is 0.00000180. The molecule has 0 saturated carbocycles. The van der Waals surface area contributed by atoms with E-state index in [0.717, 1.165) is 6.42 Å². The van der Waals surface area contributed by atoms with Gasteiger partial charge in [-0.1, -0.05) is 16.7 Å². The first-order valence-corrected chi connectivity index (χ1v) is 6.55. The van der Waals surface area contributed by atoms with Gasteiger partial charge in [0.2, 0.25) is 5.89 Å². The van der Waals surface area contributed by atoms with Crippen LogP contribution in [0.3, 0.4) is 0 Å². The molecule has 1 aliphatic carbocycles. The van der Waals surface area contributed by atoms with Crippen LogP contribution in [0.15, 0.2) is 16.1 Å². The lowest BCUT2D eigenvalue weighted by atomic mass is 9.95. The zero-order chi connectivity index (χ0) is 13.2. The normalized spacial score (nSPS) is 17.4. The van der Waals surface area contributed by atoms with Crippen molar-refractivity contribution in [1.29, 1.82) is 0 Å². The van der Waals surface area contributed by atoms with Crippen molar-refractivity contribution in [1.82, 2.24) is 10.2 Å². The largest absolute Gasteiger partial charge is 0.406 e. The van der Waals surface area contributed by atoms with Crippen LogP contribution in [0.2, 0.25) is 0 Å². The molecular formula is C13H23ClN4O. The van der Waals surface area contributed by atoms with Crippen LogP contribution in [0, 0.1) is 0 Å². The molecule has 0 aromatic carbocycles. The first-order chi connectivity index (χ1) is 8.47.